The summed E-state index contributed by atoms with van der Waals surface area (Å²) in [6.45, 7) is 1.84. The molecule has 0 amide bonds. The van der Waals surface area contributed by atoms with Crippen LogP contribution in [0.3, 0.4) is 0 Å². The van der Waals surface area contributed by atoms with Crippen LogP contribution < -0.4 is 5.84 Å². The molecule has 11 heteroatoms. The van der Waals surface area contributed by atoms with E-state index in [1.165, 1.54) is 21.1 Å². The molecule has 0 bridgehead atoms. The topological polar surface area (TPSA) is 126 Å². The van der Waals surface area contributed by atoms with Crippen LogP contribution in [0.5, 0.6) is 0 Å². The molecule has 4 heterocycles. The molecule has 0 spiro atoms. The molecule has 0 aromatic carbocycles. The summed E-state index contributed by atoms with van der Waals surface area (Å²) in [4.78, 5) is 0. The van der Waals surface area contributed by atoms with Crippen molar-refractivity contribution >= 4 is 17.4 Å². The van der Waals surface area contributed by atoms with Gasteiger partial charge < -0.3 is 10.3 Å². The number of nitrogens with two attached hydrogens (primary N) is 1. The van der Waals surface area contributed by atoms with Crippen molar-refractivity contribution in [3.05, 3.63) is 30.2 Å². The number of nitrogens with zero attached hydrogens (tertiary/aromatic N) is 8. The fourth-order valence-electron chi connectivity index (χ4n) is 1.93. The summed E-state index contributed by atoms with van der Waals surface area (Å²) in [6.07, 6.45) is 1.58. The minimum Gasteiger partial charge on any atom is -0.469 e. The van der Waals surface area contributed by atoms with Crippen LogP contribution in [0.25, 0.3) is 17.0 Å². The monoisotopic (exact) mass is 315 g/mol. The summed E-state index contributed by atoms with van der Waals surface area (Å²) in [6, 6.07) is 5.34. The second-order valence-electron chi connectivity index (χ2n) is 4.37. The molecule has 0 fully saturated rings. The van der Waals surface area contributed by atoms with Crippen LogP contribution in [0.2, 0.25) is 0 Å². The first-order chi connectivity index (χ1) is 10.7. The number of fused-ring (bicyclic) bond motifs is 1. The predicted molar refractivity (Wildman–Crippen MR) is 75.3 cm³/mol. The third-order valence-electron chi connectivity index (χ3n) is 3.01. The molecule has 0 unspecified atom stereocenters. The maximum Gasteiger partial charge on any atom is 0.216 e. The van der Waals surface area contributed by atoms with Crippen molar-refractivity contribution in [2.45, 2.75) is 17.1 Å². The average molecular weight is 315 g/mol. The van der Waals surface area contributed by atoms with Crippen LogP contribution in [0, 0.1) is 6.92 Å². The molecular formula is C11H9N9OS. The zero-order valence-corrected chi connectivity index (χ0v) is 12.1. The summed E-state index contributed by atoms with van der Waals surface area (Å²) in [7, 11) is 0. The average Bonchev–Trinajstić information content (AvgIpc) is 3.21. The van der Waals surface area contributed by atoms with Gasteiger partial charge in [0, 0.05) is 0 Å². The SMILES string of the molecule is Cc1occc1-c1nnc(Sc2ccc3nnnn3n2)n1N. The molecular weight excluding hydrogens is 306 g/mol. The molecule has 4 aromatic heterocycles. The Hall–Kier alpha value is -2.95. The highest BCUT2D eigenvalue weighted by molar-refractivity contribution is 7.99. The number of rotatable bonds is 3. The summed E-state index contributed by atoms with van der Waals surface area (Å²) in [5.74, 6) is 7.31. The Balaban J connectivity index is 1.69. The van der Waals surface area contributed by atoms with Gasteiger partial charge in [-0.2, -0.15) is 0 Å². The van der Waals surface area contributed by atoms with E-state index >= 15 is 0 Å². The number of furan rings is 1. The molecule has 4 aromatic rings. The first-order valence-electron chi connectivity index (χ1n) is 6.20. The maximum absolute atomic E-state index is 6.06. The number of tetrazole rings is 1. The minimum atomic E-state index is 0.496. The first kappa shape index (κ1) is 12.8. The molecule has 0 aliphatic rings. The van der Waals surface area contributed by atoms with Gasteiger partial charge in [0.25, 0.3) is 0 Å². The molecule has 0 atom stereocenters. The third kappa shape index (κ3) is 1.98. The van der Waals surface area contributed by atoms with Crippen molar-refractivity contribution in [3.8, 4) is 11.4 Å². The fraction of sp³-hybridized carbons (Fsp3) is 0.0909. The highest BCUT2D eigenvalue weighted by atomic mass is 32.2. The van der Waals surface area contributed by atoms with E-state index in [0.29, 0.717) is 21.7 Å². The van der Waals surface area contributed by atoms with Crippen molar-refractivity contribution in [1.29, 1.82) is 0 Å². The van der Waals surface area contributed by atoms with Crippen LogP contribution in [0.15, 0.2) is 39.1 Å². The van der Waals surface area contributed by atoms with E-state index in [4.69, 9.17) is 10.3 Å². The Morgan fingerprint density at radius 3 is 2.91 bits per heavy atom. The predicted octanol–water partition coefficient (Wildman–Crippen LogP) is 0.544. The number of aryl methyl sites for hydroxylation is 1. The smallest absolute Gasteiger partial charge is 0.216 e. The molecule has 110 valence electrons. The molecule has 0 radical (unpaired) electrons. The number of hydrogen-bond donors (Lipinski definition) is 1. The minimum absolute atomic E-state index is 0.496. The Morgan fingerprint density at radius 1 is 1.18 bits per heavy atom. The lowest BCUT2D eigenvalue weighted by molar-refractivity contribution is 0.535. The number of hydrogen-bond acceptors (Lipinski definition) is 9. The Morgan fingerprint density at radius 2 is 2.09 bits per heavy atom. The molecule has 22 heavy (non-hydrogen) atoms. The van der Waals surface area contributed by atoms with E-state index < -0.39 is 0 Å². The van der Waals surface area contributed by atoms with Gasteiger partial charge in [0.15, 0.2) is 11.5 Å². The van der Waals surface area contributed by atoms with Gasteiger partial charge in [-0.3, -0.25) is 0 Å². The zero-order valence-electron chi connectivity index (χ0n) is 11.3. The van der Waals surface area contributed by atoms with Crippen LogP contribution in [-0.2, 0) is 0 Å². The summed E-state index contributed by atoms with van der Waals surface area (Å²) < 4.78 is 7.99. The molecule has 2 N–H and O–H groups in total. The largest absolute Gasteiger partial charge is 0.469 e. The Kier molecular flexibility index (Phi) is 2.79. The normalized spacial score (nSPS) is 11.3. The second-order valence-corrected chi connectivity index (χ2v) is 5.35. The Bertz CT molecular complexity index is 955. The van der Waals surface area contributed by atoms with Crippen molar-refractivity contribution in [2.75, 3.05) is 5.84 Å². The fourth-order valence-corrected chi connectivity index (χ4v) is 2.64. The lowest BCUT2D eigenvalue weighted by Gasteiger charge is -2.02. The highest BCUT2D eigenvalue weighted by Gasteiger charge is 2.16. The third-order valence-corrected chi connectivity index (χ3v) is 3.89. The lowest BCUT2D eigenvalue weighted by atomic mass is 10.2. The van der Waals surface area contributed by atoms with Gasteiger partial charge in [0.05, 0.1) is 11.8 Å². The Labute approximate surface area is 127 Å². The van der Waals surface area contributed by atoms with E-state index in [-0.39, 0.29) is 0 Å². The van der Waals surface area contributed by atoms with Crippen molar-refractivity contribution < 1.29 is 4.42 Å². The van der Waals surface area contributed by atoms with E-state index in [9.17, 15) is 0 Å². The molecule has 0 aliphatic heterocycles. The summed E-state index contributed by atoms with van der Waals surface area (Å²) >= 11 is 1.26. The van der Waals surface area contributed by atoms with Gasteiger partial charge in [0.1, 0.15) is 10.8 Å². The van der Waals surface area contributed by atoms with Gasteiger partial charge in [-0.25, -0.2) is 4.68 Å². The van der Waals surface area contributed by atoms with Gasteiger partial charge in [0.2, 0.25) is 5.16 Å². The standard InChI is InChI=1S/C11H9N9OS/c1-6-7(4-5-21-6)10-14-15-11(19(10)12)22-9-3-2-8-13-17-18-20(8)16-9/h2-5H,12H2,1H3. The quantitative estimate of drug-likeness (QED) is 0.539. The van der Waals surface area contributed by atoms with E-state index in [1.54, 1.807) is 24.5 Å². The van der Waals surface area contributed by atoms with Crippen molar-refractivity contribution in [2.24, 2.45) is 0 Å². The molecule has 0 saturated heterocycles. The zero-order chi connectivity index (χ0) is 15.1. The van der Waals surface area contributed by atoms with Crippen LogP contribution >= 0.6 is 11.8 Å². The van der Waals surface area contributed by atoms with Crippen molar-refractivity contribution in [1.82, 2.24) is 40.1 Å². The van der Waals surface area contributed by atoms with Gasteiger partial charge >= 0.3 is 0 Å². The van der Waals surface area contributed by atoms with E-state index in [0.717, 1.165) is 11.3 Å². The number of aromatic nitrogens is 8. The maximum atomic E-state index is 6.06. The molecule has 0 saturated carbocycles. The molecule has 10 nitrogen and oxygen atoms in total. The molecule has 4 rings (SSSR count). The van der Waals surface area contributed by atoms with Gasteiger partial charge in [-0.05, 0) is 47.3 Å². The van der Waals surface area contributed by atoms with E-state index in [1.807, 2.05) is 6.92 Å². The summed E-state index contributed by atoms with van der Waals surface area (Å²) in [5.41, 5.74) is 1.36. The van der Waals surface area contributed by atoms with Crippen molar-refractivity contribution in [3.63, 3.8) is 0 Å². The summed E-state index contributed by atoms with van der Waals surface area (Å²) in [5, 5.41) is 24.7. The van der Waals surface area contributed by atoms with Gasteiger partial charge in [-0.1, -0.05) is 0 Å². The first-order valence-corrected chi connectivity index (χ1v) is 7.02. The van der Waals surface area contributed by atoms with Gasteiger partial charge in [-0.15, -0.1) is 25.0 Å². The highest BCUT2D eigenvalue weighted by Crippen LogP contribution is 2.28. The lowest BCUT2D eigenvalue weighted by Crippen LogP contribution is -2.11. The van der Waals surface area contributed by atoms with Crippen LogP contribution in [0.1, 0.15) is 5.76 Å². The second kappa shape index (κ2) is 4.80. The molecule has 0 aliphatic carbocycles. The van der Waals surface area contributed by atoms with Crippen LogP contribution in [0.4, 0.5) is 0 Å². The van der Waals surface area contributed by atoms with Crippen LogP contribution in [-0.4, -0.2) is 40.1 Å². The number of nitrogen functional groups attached to an aromatic ring is 1. The van der Waals surface area contributed by atoms with E-state index in [2.05, 4.69) is 30.8 Å².